The van der Waals surface area contributed by atoms with Crippen LogP contribution in [-0.2, 0) is 13.0 Å². The van der Waals surface area contributed by atoms with E-state index in [0.29, 0.717) is 6.54 Å². The molecule has 0 amide bonds. The van der Waals surface area contributed by atoms with E-state index in [0.717, 1.165) is 31.9 Å². The largest absolute Gasteiger partial charge is 0.356 e. The fourth-order valence-corrected chi connectivity index (χ4v) is 2.29. The summed E-state index contributed by atoms with van der Waals surface area (Å²) in [6.07, 6.45) is 6.97. The second-order valence-electron chi connectivity index (χ2n) is 5.97. The minimum absolute atomic E-state index is 0.689. The van der Waals surface area contributed by atoms with Crippen molar-refractivity contribution in [3.8, 4) is 0 Å². The molecular formula is C20H28N4. The lowest BCUT2D eigenvalue weighted by Crippen LogP contribution is -2.39. The highest BCUT2D eigenvalue weighted by Crippen LogP contribution is 2.04. The highest BCUT2D eigenvalue weighted by molar-refractivity contribution is 5.79. The summed E-state index contributed by atoms with van der Waals surface area (Å²) in [6.45, 7) is 6.78. The van der Waals surface area contributed by atoms with Crippen molar-refractivity contribution in [2.24, 2.45) is 4.99 Å². The molecule has 1 aromatic carbocycles. The van der Waals surface area contributed by atoms with Gasteiger partial charge in [0.05, 0.1) is 6.54 Å². The number of pyridine rings is 1. The summed E-state index contributed by atoms with van der Waals surface area (Å²) in [5.74, 6) is 0.882. The van der Waals surface area contributed by atoms with E-state index in [1.54, 1.807) is 6.20 Å². The minimum atomic E-state index is 0.689. The summed E-state index contributed by atoms with van der Waals surface area (Å²) in [5, 5.41) is 6.83. The topological polar surface area (TPSA) is 49.3 Å². The normalized spacial score (nSPS) is 11.3. The van der Waals surface area contributed by atoms with Gasteiger partial charge in [-0.05, 0) is 37.0 Å². The smallest absolute Gasteiger partial charge is 0.191 e. The average Bonchev–Trinajstić information content (AvgIpc) is 2.61. The molecule has 4 nitrogen and oxygen atoms in total. The number of hydrogen-bond donors (Lipinski definition) is 2. The van der Waals surface area contributed by atoms with Crippen molar-refractivity contribution in [3.63, 3.8) is 0 Å². The van der Waals surface area contributed by atoms with Crippen molar-refractivity contribution in [1.29, 1.82) is 0 Å². The molecule has 1 aromatic heterocycles. The molecule has 128 valence electrons. The van der Waals surface area contributed by atoms with Gasteiger partial charge in [0.2, 0.25) is 0 Å². The highest BCUT2D eigenvalue weighted by Gasteiger charge is 1.99. The van der Waals surface area contributed by atoms with Gasteiger partial charge in [-0.1, -0.05) is 49.2 Å². The van der Waals surface area contributed by atoms with Crippen LogP contribution >= 0.6 is 0 Å². The van der Waals surface area contributed by atoms with Gasteiger partial charge in [-0.2, -0.15) is 0 Å². The molecule has 4 heteroatoms. The first-order valence-corrected chi connectivity index (χ1v) is 8.74. The Labute approximate surface area is 145 Å². The summed E-state index contributed by atoms with van der Waals surface area (Å²) < 4.78 is 0. The zero-order chi connectivity index (χ0) is 17.0. The number of nitrogens with zero attached hydrogens (tertiary/aromatic N) is 2. The van der Waals surface area contributed by atoms with Gasteiger partial charge >= 0.3 is 0 Å². The Hall–Kier alpha value is -2.36. The lowest BCUT2D eigenvalue weighted by Gasteiger charge is -2.12. The zero-order valence-electron chi connectivity index (χ0n) is 14.8. The molecule has 0 fully saturated rings. The van der Waals surface area contributed by atoms with Crippen LogP contribution in [0.5, 0.6) is 0 Å². The maximum absolute atomic E-state index is 4.71. The van der Waals surface area contributed by atoms with Gasteiger partial charge in [-0.3, -0.25) is 4.98 Å². The lowest BCUT2D eigenvalue weighted by molar-refractivity contribution is 0.722. The monoisotopic (exact) mass is 324 g/mol. The molecule has 1 heterocycles. The maximum Gasteiger partial charge on any atom is 0.191 e. The molecule has 0 saturated heterocycles. The Balaban J connectivity index is 1.87. The SMILES string of the molecule is CCCCNC(=NCc1ccc(C)cc1)NCCc1cccnc1. The van der Waals surface area contributed by atoms with E-state index in [4.69, 9.17) is 4.99 Å². The van der Waals surface area contributed by atoms with Gasteiger partial charge in [0.1, 0.15) is 0 Å². The number of hydrogen-bond acceptors (Lipinski definition) is 2. The first kappa shape index (κ1) is 18.0. The summed E-state index contributed by atoms with van der Waals surface area (Å²) in [7, 11) is 0. The quantitative estimate of drug-likeness (QED) is 0.444. The molecule has 0 aliphatic carbocycles. The fourth-order valence-electron chi connectivity index (χ4n) is 2.29. The molecule has 0 bridgehead atoms. The second-order valence-corrected chi connectivity index (χ2v) is 5.97. The third-order valence-corrected chi connectivity index (χ3v) is 3.79. The van der Waals surface area contributed by atoms with Gasteiger partial charge in [0, 0.05) is 25.5 Å². The Bertz CT molecular complexity index is 605. The van der Waals surface area contributed by atoms with Crippen LogP contribution in [0.1, 0.15) is 36.5 Å². The standard InChI is InChI=1S/C20H28N4/c1-3-4-13-22-20(23-14-11-18-6-5-12-21-15-18)24-16-19-9-7-17(2)8-10-19/h5-10,12,15H,3-4,11,13-14,16H2,1-2H3,(H2,22,23,24). The van der Waals surface area contributed by atoms with Crippen LogP contribution in [0.25, 0.3) is 0 Å². The molecule has 2 aromatic rings. The predicted octanol–water partition coefficient (Wildman–Crippen LogP) is 3.47. The number of guanidine groups is 1. The maximum atomic E-state index is 4.71. The van der Waals surface area contributed by atoms with Crippen LogP contribution in [0, 0.1) is 6.92 Å². The minimum Gasteiger partial charge on any atom is -0.356 e. The van der Waals surface area contributed by atoms with Gasteiger partial charge in [0.15, 0.2) is 5.96 Å². The molecule has 2 rings (SSSR count). The first-order valence-electron chi connectivity index (χ1n) is 8.74. The van der Waals surface area contributed by atoms with Gasteiger partial charge in [-0.15, -0.1) is 0 Å². The van der Waals surface area contributed by atoms with Gasteiger partial charge in [-0.25, -0.2) is 4.99 Å². The molecule has 24 heavy (non-hydrogen) atoms. The number of rotatable bonds is 8. The second kappa shape index (κ2) is 10.4. The summed E-state index contributed by atoms with van der Waals surface area (Å²) >= 11 is 0. The van der Waals surface area contributed by atoms with Crippen molar-refractivity contribution in [1.82, 2.24) is 15.6 Å². The number of aromatic nitrogens is 1. The van der Waals surface area contributed by atoms with Crippen molar-refractivity contribution in [2.75, 3.05) is 13.1 Å². The van der Waals surface area contributed by atoms with E-state index < -0.39 is 0 Å². The molecule has 0 aliphatic rings. The predicted molar refractivity (Wildman–Crippen MR) is 101 cm³/mol. The molecule has 0 unspecified atom stereocenters. The molecule has 0 spiro atoms. The molecule has 0 saturated carbocycles. The lowest BCUT2D eigenvalue weighted by atomic mass is 10.1. The highest BCUT2D eigenvalue weighted by atomic mass is 15.2. The van der Waals surface area contributed by atoms with E-state index in [1.807, 2.05) is 12.3 Å². The van der Waals surface area contributed by atoms with Crippen LogP contribution in [0.15, 0.2) is 53.8 Å². The van der Waals surface area contributed by atoms with Crippen LogP contribution in [0.3, 0.4) is 0 Å². The first-order chi connectivity index (χ1) is 11.8. The average molecular weight is 324 g/mol. The van der Waals surface area contributed by atoms with Crippen molar-refractivity contribution in [3.05, 3.63) is 65.5 Å². The van der Waals surface area contributed by atoms with Gasteiger partial charge in [0.25, 0.3) is 0 Å². The van der Waals surface area contributed by atoms with Crippen molar-refractivity contribution < 1.29 is 0 Å². The molecule has 0 aliphatic heterocycles. The van der Waals surface area contributed by atoms with E-state index in [-0.39, 0.29) is 0 Å². The van der Waals surface area contributed by atoms with E-state index >= 15 is 0 Å². The Morgan fingerprint density at radius 2 is 1.83 bits per heavy atom. The molecule has 0 atom stereocenters. The number of aliphatic imine (C=N–C) groups is 1. The summed E-state index contributed by atoms with van der Waals surface area (Å²) in [4.78, 5) is 8.86. The van der Waals surface area contributed by atoms with E-state index in [2.05, 4.69) is 59.8 Å². The molecule has 2 N–H and O–H groups in total. The Morgan fingerprint density at radius 3 is 2.54 bits per heavy atom. The number of aryl methyl sites for hydroxylation is 1. The van der Waals surface area contributed by atoms with Crippen molar-refractivity contribution in [2.45, 2.75) is 39.7 Å². The summed E-state index contributed by atoms with van der Waals surface area (Å²) in [5.41, 5.74) is 3.74. The van der Waals surface area contributed by atoms with Crippen molar-refractivity contribution >= 4 is 5.96 Å². The van der Waals surface area contributed by atoms with Crippen LogP contribution in [0.4, 0.5) is 0 Å². The number of benzene rings is 1. The van der Waals surface area contributed by atoms with Crippen LogP contribution in [-0.4, -0.2) is 24.0 Å². The third-order valence-electron chi connectivity index (χ3n) is 3.79. The summed E-state index contributed by atoms with van der Waals surface area (Å²) in [6, 6.07) is 12.6. The Morgan fingerprint density at radius 1 is 1.04 bits per heavy atom. The van der Waals surface area contributed by atoms with Gasteiger partial charge < -0.3 is 10.6 Å². The zero-order valence-corrected chi connectivity index (χ0v) is 14.8. The van der Waals surface area contributed by atoms with E-state index in [9.17, 15) is 0 Å². The number of nitrogens with one attached hydrogen (secondary N) is 2. The van der Waals surface area contributed by atoms with E-state index in [1.165, 1.54) is 23.1 Å². The number of unbranched alkanes of at least 4 members (excludes halogenated alkanes) is 1. The third kappa shape index (κ3) is 6.82. The molecular weight excluding hydrogens is 296 g/mol. The fraction of sp³-hybridized carbons (Fsp3) is 0.400. The molecule has 0 radical (unpaired) electrons. The van der Waals surface area contributed by atoms with Crippen LogP contribution < -0.4 is 10.6 Å². The Kier molecular flexibility index (Phi) is 7.81. The van der Waals surface area contributed by atoms with Crippen LogP contribution in [0.2, 0.25) is 0 Å².